The molecule has 1 aliphatic rings. The van der Waals surface area contributed by atoms with Crippen LogP contribution in [0, 0.1) is 31.1 Å². The number of nitrogens with zero attached hydrogens (tertiary/aromatic N) is 3. The van der Waals surface area contributed by atoms with Crippen molar-refractivity contribution in [2.75, 3.05) is 6.67 Å². The third-order valence-corrected chi connectivity index (χ3v) is 7.56. The molecule has 2 aromatic rings. The van der Waals surface area contributed by atoms with Gasteiger partial charge < -0.3 is 4.57 Å². The quantitative estimate of drug-likeness (QED) is 0.289. The van der Waals surface area contributed by atoms with E-state index in [1.807, 2.05) is 43.8 Å². The molecule has 6 heteroatoms. The van der Waals surface area contributed by atoms with Crippen LogP contribution in [0.2, 0.25) is 0 Å². The number of hydrogen-bond acceptors (Lipinski definition) is 2. The molecular weight excluding hydrogens is 469 g/mol. The zero-order valence-corrected chi connectivity index (χ0v) is 23.3. The van der Waals surface area contributed by atoms with Gasteiger partial charge in [-0.1, -0.05) is 37.3 Å². The van der Waals surface area contributed by atoms with E-state index < -0.39 is 11.0 Å². The molecule has 1 unspecified atom stereocenters. The summed E-state index contributed by atoms with van der Waals surface area (Å²) in [6, 6.07) is 6.53. The van der Waals surface area contributed by atoms with Crippen LogP contribution in [0.25, 0.3) is 17.5 Å². The summed E-state index contributed by atoms with van der Waals surface area (Å²) in [7, 11) is -1.21. The lowest BCUT2D eigenvalue weighted by molar-refractivity contribution is 0.561. The Balaban J connectivity index is 0.000000830. The summed E-state index contributed by atoms with van der Waals surface area (Å²) in [5.41, 5.74) is 5.75. The second-order valence-corrected chi connectivity index (χ2v) is 12.0. The van der Waals surface area contributed by atoms with E-state index in [4.69, 9.17) is 10.8 Å². The van der Waals surface area contributed by atoms with E-state index in [0.29, 0.717) is 18.3 Å². The fourth-order valence-corrected chi connectivity index (χ4v) is 4.76. The SMILES string of the molecule is C#CC/C=C/n1cnc(-c2ccc(C)c(C[C@H]3CC[C@@H](C)/C3=N/S(=O)C(C)(C)C)c2)c1.C/C=C\CF. The summed E-state index contributed by atoms with van der Waals surface area (Å²) in [6.45, 7) is 11.8. The number of aryl methyl sites for hydroxylation is 1. The molecule has 1 heterocycles. The molecule has 0 spiro atoms. The summed E-state index contributed by atoms with van der Waals surface area (Å²) < 4.78 is 29.9. The third-order valence-electron chi connectivity index (χ3n) is 6.13. The Morgan fingerprint density at radius 3 is 2.67 bits per heavy atom. The number of terminal acetylenes is 1. The Kier molecular flexibility index (Phi) is 11.5. The molecule has 1 aliphatic carbocycles. The van der Waals surface area contributed by atoms with Crippen LogP contribution in [0.15, 0.2) is 53.3 Å². The molecule has 36 heavy (non-hydrogen) atoms. The lowest BCUT2D eigenvalue weighted by atomic mass is 9.91. The summed E-state index contributed by atoms with van der Waals surface area (Å²) in [5.74, 6) is 3.34. The van der Waals surface area contributed by atoms with Crippen molar-refractivity contribution in [1.82, 2.24) is 9.55 Å². The number of aromatic nitrogens is 2. The number of halogens is 1. The molecule has 3 atom stereocenters. The van der Waals surface area contributed by atoms with Crippen LogP contribution >= 0.6 is 0 Å². The van der Waals surface area contributed by atoms with Gasteiger partial charge in [-0.15, -0.1) is 12.3 Å². The van der Waals surface area contributed by atoms with Crippen molar-refractivity contribution in [3.63, 3.8) is 0 Å². The second-order valence-electron chi connectivity index (χ2n) is 10.1. The van der Waals surface area contributed by atoms with Gasteiger partial charge in [0.15, 0.2) is 0 Å². The normalized spacial score (nSPS) is 20.0. The van der Waals surface area contributed by atoms with Gasteiger partial charge in [0.25, 0.3) is 0 Å². The largest absolute Gasteiger partial charge is 0.313 e. The zero-order chi connectivity index (χ0) is 26.7. The fourth-order valence-electron chi connectivity index (χ4n) is 3.97. The molecule has 0 radical (unpaired) electrons. The molecule has 1 aromatic heterocycles. The Morgan fingerprint density at radius 2 is 2.06 bits per heavy atom. The monoisotopic (exact) mass is 509 g/mol. The maximum atomic E-state index is 12.7. The maximum absolute atomic E-state index is 12.7. The van der Waals surface area contributed by atoms with Gasteiger partial charge in [-0.2, -0.15) is 4.40 Å². The summed E-state index contributed by atoms with van der Waals surface area (Å²) in [5, 5.41) is 0. The highest BCUT2D eigenvalue weighted by molar-refractivity contribution is 7.85. The lowest BCUT2D eigenvalue weighted by Gasteiger charge is -2.19. The first-order chi connectivity index (χ1) is 17.1. The molecular formula is C30H40FN3OS. The van der Waals surface area contributed by atoms with Crippen molar-refractivity contribution < 1.29 is 8.60 Å². The zero-order valence-electron chi connectivity index (χ0n) is 22.5. The average molecular weight is 510 g/mol. The Labute approximate surface area is 219 Å². The van der Waals surface area contributed by atoms with Crippen LogP contribution in [-0.4, -0.2) is 30.9 Å². The van der Waals surface area contributed by atoms with E-state index in [0.717, 1.165) is 36.2 Å². The van der Waals surface area contributed by atoms with Gasteiger partial charge in [-0.3, -0.25) is 0 Å². The maximum Gasteiger partial charge on any atom is 0.144 e. The number of hydrogen-bond donors (Lipinski definition) is 0. The van der Waals surface area contributed by atoms with Gasteiger partial charge in [0, 0.05) is 36.0 Å². The molecule has 194 valence electrons. The van der Waals surface area contributed by atoms with E-state index in [1.54, 1.807) is 19.3 Å². The topological polar surface area (TPSA) is 47.2 Å². The Hall–Kier alpha value is -2.78. The minimum Gasteiger partial charge on any atom is -0.313 e. The molecule has 4 nitrogen and oxygen atoms in total. The minimum absolute atomic E-state index is 0.330. The summed E-state index contributed by atoms with van der Waals surface area (Å²) in [6.07, 6.45) is 19.9. The van der Waals surface area contributed by atoms with Crippen LogP contribution in [-0.2, 0) is 17.4 Å². The molecule has 1 aromatic carbocycles. The summed E-state index contributed by atoms with van der Waals surface area (Å²) >= 11 is 0. The number of allylic oxidation sites excluding steroid dienone is 3. The third kappa shape index (κ3) is 8.71. The van der Waals surface area contributed by atoms with Gasteiger partial charge in [0.05, 0.1) is 16.8 Å². The fraction of sp³-hybridized carbons (Fsp3) is 0.467. The number of benzene rings is 1. The van der Waals surface area contributed by atoms with Crippen molar-refractivity contribution in [3.8, 4) is 23.6 Å². The van der Waals surface area contributed by atoms with Crippen molar-refractivity contribution in [3.05, 3.63) is 60.1 Å². The van der Waals surface area contributed by atoms with E-state index in [9.17, 15) is 8.60 Å². The minimum atomic E-state index is -1.21. The molecule has 3 rings (SSSR count). The number of alkyl halides is 1. The van der Waals surface area contributed by atoms with Crippen molar-refractivity contribution in [1.29, 1.82) is 0 Å². The first-order valence-electron chi connectivity index (χ1n) is 12.5. The van der Waals surface area contributed by atoms with Crippen LogP contribution in [0.4, 0.5) is 4.39 Å². The van der Waals surface area contributed by atoms with Gasteiger partial charge in [0.2, 0.25) is 0 Å². The van der Waals surface area contributed by atoms with E-state index in [-0.39, 0.29) is 11.4 Å². The van der Waals surface area contributed by atoms with Gasteiger partial charge in [-0.05, 0) is 77.0 Å². The van der Waals surface area contributed by atoms with Crippen LogP contribution in [0.1, 0.15) is 65.0 Å². The first-order valence-corrected chi connectivity index (χ1v) is 13.6. The van der Waals surface area contributed by atoms with Crippen molar-refractivity contribution in [2.45, 2.75) is 72.0 Å². The molecule has 0 aliphatic heterocycles. The Bertz CT molecular complexity index is 1150. The van der Waals surface area contributed by atoms with Crippen molar-refractivity contribution in [2.24, 2.45) is 16.2 Å². The molecule has 0 bridgehead atoms. The Morgan fingerprint density at radius 1 is 1.31 bits per heavy atom. The predicted octanol–water partition coefficient (Wildman–Crippen LogP) is 7.38. The molecule has 1 fully saturated rings. The number of rotatable bonds is 7. The first kappa shape index (κ1) is 29.5. The highest BCUT2D eigenvalue weighted by Gasteiger charge is 2.31. The molecule has 0 saturated heterocycles. The average Bonchev–Trinajstić information content (AvgIpc) is 3.43. The van der Waals surface area contributed by atoms with Crippen LogP contribution in [0.3, 0.4) is 0 Å². The highest BCUT2D eigenvalue weighted by Crippen LogP contribution is 2.33. The molecule has 0 N–H and O–H groups in total. The van der Waals surface area contributed by atoms with Crippen LogP contribution < -0.4 is 0 Å². The van der Waals surface area contributed by atoms with Crippen LogP contribution in [0.5, 0.6) is 0 Å². The number of imidazole rings is 1. The van der Waals surface area contributed by atoms with E-state index in [1.165, 1.54) is 17.2 Å². The predicted molar refractivity (Wildman–Crippen MR) is 153 cm³/mol. The van der Waals surface area contributed by atoms with E-state index >= 15 is 0 Å². The van der Waals surface area contributed by atoms with E-state index in [2.05, 4.69) is 43.0 Å². The highest BCUT2D eigenvalue weighted by atomic mass is 32.2. The lowest BCUT2D eigenvalue weighted by Crippen LogP contribution is -2.24. The van der Waals surface area contributed by atoms with Gasteiger partial charge >= 0.3 is 0 Å². The van der Waals surface area contributed by atoms with Gasteiger partial charge in [-0.25, -0.2) is 13.6 Å². The van der Waals surface area contributed by atoms with Crippen molar-refractivity contribution >= 4 is 22.9 Å². The summed E-state index contributed by atoms with van der Waals surface area (Å²) in [4.78, 5) is 4.56. The smallest absolute Gasteiger partial charge is 0.144 e. The standard InChI is InChI=1S/C26H33N3OS.C4H7F/c1-7-8-9-14-29-17-24(27-18-29)21-12-10-19(2)23(15-21)16-22-13-11-20(3)25(22)28-31(30)26(4,5)6;1-2-3-4-5/h1,9-10,12,14-15,17-18,20,22H,8,11,13,16H2,2-6H3;2-3H,4H2,1H3/b14-9+,28-25-;3-2-/t20-,22-,31?;/m1./s1. The second kappa shape index (κ2) is 14.1. The van der Waals surface area contributed by atoms with Gasteiger partial charge in [0.1, 0.15) is 17.7 Å². The molecule has 0 amide bonds. The molecule has 1 saturated carbocycles.